The Kier molecular flexibility index (Phi) is 8.28. The highest BCUT2D eigenvalue weighted by atomic mass is 16.1. The van der Waals surface area contributed by atoms with Crippen molar-refractivity contribution >= 4 is 5.91 Å². The third kappa shape index (κ3) is 6.56. The third-order valence-corrected chi connectivity index (χ3v) is 6.34. The SMILES string of the molecule is CC(C)CCCN1CCC(N2CCC[C@H](C(=O)NCc3cccnc3)C2)CC1. The molecule has 1 aromatic rings. The maximum absolute atomic E-state index is 12.7. The summed E-state index contributed by atoms with van der Waals surface area (Å²) in [5.74, 6) is 1.15. The van der Waals surface area contributed by atoms with E-state index in [0.717, 1.165) is 37.4 Å². The van der Waals surface area contributed by atoms with Gasteiger partial charge in [-0.1, -0.05) is 19.9 Å². The predicted molar refractivity (Wildman–Crippen MR) is 114 cm³/mol. The first-order valence-electron chi connectivity index (χ1n) is 11.2. The minimum Gasteiger partial charge on any atom is -0.352 e. The van der Waals surface area contributed by atoms with Gasteiger partial charge in [0.15, 0.2) is 0 Å². The van der Waals surface area contributed by atoms with Crippen molar-refractivity contribution in [3.63, 3.8) is 0 Å². The molecule has 5 heteroatoms. The van der Waals surface area contributed by atoms with Gasteiger partial charge in [0.1, 0.15) is 0 Å². The van der Waals surface area contributed by atoms with E-state index in [-0.39, 0.29) is 11.8 Å². The highest BCUT2D eigenvalue weighted by molar-refractivity contribution is 5.78. The predicted octanol–water partition coefficient (Wildman–Crippen LogP) is 3.31. The van der Waals surface area contributed by atoms with Crippen molar-refractivity contribution in [2.75, 3.05) is 32.7 Å². The second-order valence-electron chi connectivity index (χ2n) is 9.02. The minimum absolute atomic E-state index is 0.134. The molecule has 3 heterocycles. The molecule has 2 saturated heterocycles. The summed E-state index contributed by atoms with van der Waals surface area (Å²) in [6, 6.07) is 4.59. The molecule has 3 rings (SSSR count). The number of aromatic nitrogens is 1. The zero-order valence-corrected chi connectivity index (χ0v) is 17.8. The van der Waals surface area contributed by atoms with Crippen LogP contribution in [0.25, 0.3) is 0 Å². The number of piperidine rings is 2. The van der Waals surface area contributed by atoms with Gasteiger partial charge in [-0.05, 0) is 82.3 Å². The monoisotopic (exact) mass is 386 g/mol. The smallest absolute Gasteiger partial charge is 0.224 e. The Hall–Kier alpha value is -1.46. The first-order chi connectivity index (χ1) is 13.6. The molecule has 1 amide bonds. The van der Waals surface area contributed by atoms with E-state index in [1.807, 2.05) is 18.3 Å². The molecule has 0 bridgehead atoms. The lowest BCUT2D eigenvalue weighted by molar-refractivity contribution is -0.127. The van der Waals surface area contributed by atoms with Gasteiger partial charge in [0.2, 0.25) is 5.91 Å². The summed E-state index contributed by atoms with van der Waals surface area (Å²) in [5, 5.41) is 3.12. The first kappa shape index (κ1) is 21.3. The van der Waals surface area contributed by atoms with Crippen molar-refractivity contribution in [1.29, 1.82) is 0 Å². The number of rotatable bonds is 8. The van der Waals surface area contributed by atoms with Crippen molar-refractivity contribution in [2.24, 2.45) is 11.8 Å². The van der Waals surface area contributed by atoms with Gasteiger partial charge in [-0.25, -0.2) is 0 Å². The summed E-state index contributed by atoms with van der Waals surface area (Å²) in [6.07, 6.45) is 10.9. The quantitative estimate of drug-likeness (QED) is 0.745. The summed E-state index contributed by atoms with van der Waals surface area (Å²) >= 11 is 0. The van der Waals surface area contributed by atoms with Crippen molar-refractivity contribution in [3.05, 3.63) is 30.1 Å². The van der Waals surface area contributed by atoms with E-state index < -0.39 is 0 Å². The van der Waals surface area contributed by atoms with Gasteiger partial charge in [0.25, 0.3) is 0 Å². The van der Waals surface area contributed by atoms with E-state index in [0.29, 0.717) is 12.6 Å². The Morgan fingerprint density at radius 1 is 1.25 bits per heavy atom. The Balaban J connectivity index is 1.39. The van der Waals surface area contributed by atoms with E-state index in [9.17, 15) is 4.79 Å². The van der Waals surface area contributed by atoms with Crippen LogP contribution in [0.4, 0.5) is 0 Å². The van der Waals surface area contributed by atoms with Gasteiger partial charge in [0.05, 0.1) is 5.92 Å². The van der Waals surface area contributed by atoms with Gasteiger partial charge >= 0.3 is 0 Å². The van der Waals surface area contributed by atoms with E-state index in [2.05, 4.69) is 33.9 Å². The summed E-state index contributed by atoms with van der Waals surface area (Å²) in [4.78, 5) is 22.0. The van der Waals surface area contributed by atoms with Gasteiger partial charge < -0.3 is 10.2 Å². The van der Waals surface area contributed by atoms with E-state index >= 15 is 0 Å². The maximum Gasteiger partial charge on any atom is 0.224 e. The lowest BCUT2D eigenvalue weighted by Gasteiger charge is -2.42. The van der Waals surface area contributed by atoms with Gasteiger partial charge in [-0.15, -0.1) is 0 Å². The van der Waals surface area contributed by atoms with Gasteiger partial charge in [-0.2, -0.15) is 0 Å². The average Bonchev–Trinajstić information content (AvgIpc) is 2.73. The van der Waals surface area contributed by atoms with Crippen LogP contribution >= 0.6 is 0 Å². The van der Waals surface area contributed by atoms with Crippen LogP contribution < -0.4 is 5.32 Å². The summed E-state index contributed by atoms with van der Waals surface area (Å²) < 4.78 is 0. The molecule has 0 unspecified atom stereocenters. The fourth-order valence-corrected chi connectivity index (χ4v) is 4.62. The summed E-state index contributed by atoms with van der Waals surface area (Å²) in [7, 11) is 0. The number of hydrogen-bond donors (Lipinski definition) is 1. The van der Waals surface area contributed by atoms with Gasteiger partial charge in [-0.3, -0.25) is 14.7 Å². The molecule has 28 heavy (non-hydrogen) atoms. The van der Waals surface area contributed by atoms with Crippen molar-refractivity contribution < 1.29 is 4.79 Å². The van der Waals surface area contributed by atoms with E-state index in [4.69, 9.17) is 0 Å². The number of nitrogens with one attached hydrogen (secondary N) is 1. The van der Waals surface area contributed by atoms with Gasteiger partial charge in [0, 0.05) is 31.5 Å². The number of amides is 1. The molecule has 0 aliphatic carbocycles. The van der Waals surface area contributed by atoms with E-state index in [1.54, 1.807) is 6.20 Å². The van der Waals surface area contributed by atoms with Crippen molar-refractivity contribution in [2.45, 2.75) is 65.0 Å². The van der Waals surface area contributed by atoms with Crippen LogP contribution in [0.2, 0.25) is 0 Å². The minimum atomic E-state index is 0.134. The normalized spacial score (nSPS) is 22.5. The Morgan fingerprint density at radius 2 is 2.07 bits per heavy atom. The highest BCUT2D eigenvalue weighted by Gasteiger charge is 2.31. The summed E-state index contributed by atoms with van der Waals surface area (Å²) in [5.41, 5.74) is 1.06. The first-order valence-corrected chi connectivity index (χ1v) is 11.2. The molecule has 2 aliphatic heterocycles. The van der Waals surface area contributed by atoms with Crippen LogP contribution in [-0.2, 0) is 11.3 Å². The highest BCUT2D eigenvalue weighted by Crippen LogP contribution is 2.24. The molecule has 1 N–H and O–H groups in total. The molecule has 1 aromatic heterocycles. The molecular formula is C23H38N4O. The van der Waals surface area contributed by atoms with Crippen LogP contribution in [0.15, 0.2) is 24.5 Å². The third-order valence-electron chi connectivity index (χ3n) is 6.34. The second-order valence-corrected chi connectivity index (χ2v) is 9.02. The van der Waals surface area contributed by atoms with Crippen molar-refractivity contribution in [3.8, 4) is 0 Å². The number of likely N-dealkylation sites (tertiary alicyclic amines) is 2. The zero-order valence-electron chi connectivity index (χ0n) is 17.8. The topological polar surface area (TPSA) is 48.5 Å². The molecule has 0 saturated carbocycles. The molecule has 2 aliphatic rings. The fraction of sp³-hybridized carbons (Fsp3) is 0.739. The van der Waals surface area contributed by atoms with Crippen LogP contribution in [0, 0.1) is 11.8 Å². The van der Waals surface area contributed by atoms with Crippen molar-refractivity contribution in [1.82, 2.24) is 20.1 Å². The molecular weight excluding hydrogens is 348 g/mol. The standard InChI is InChI=1S/C23H38N4O/c1-19(2)6-4-12-26-14-9-22(10-15-26)27-13-5-8-21(18-27)23(28)25-17-20-7-3-11-24-16-20/h3,7,11,16,19,21-22H,4-6,8-10,12-15,17-18H2,1-2H3,(H,25,28)/t21-/m0/s1. The molecule has 0 radical (unpaired) electrons. The maximum atomic E-state index is 12.7. The number of hydrogen-bond acceptors (Lipinski definition) is 4. The lowest BCUT2D eigenvalue weighted by Crippen LogP contribution is -2.50. The number of pyridine rings is 1. The molecule has 2 fully saturated rings. The molecule has 1 atom stereocenters. The number of carbonyl (C=O) groups excluding carboxylic acids is 1. The van der Waals surface area contributed by atoms with E-state index in [1.165, 1.54) is 45.3 Å². The summed E-state index contributed by atoms with van der Waals surface area (Å²) in [6.45, 7) is 11.0. The van der Waals surface area contributed by atoms with Crippen LogP contribution in [0.1, 0.15) is 57.9 Å². The Morgan fingerprint density at radius 3 is 2.79 bits per heavy atom. The van der Waals surface area contributed by atoms with Crippen LogP contribution in [0.3, 0.4) is 0 Å². The molecule has 0 aromatic carbocycles. The average molecular weight is 387 g/mol. The molecule has 0 spiro atoms. The number of carbonyl (C=O) groups is 1. The number of nitrogens with zero attached hydrogens (tertiary/aromatic N) is 3. The Bertz CT molecular complexity index is 584. The largest absolute Gasteiger partial charge is 0.352 e. The molecule has 5 nitrogen and oxygen atoms in total. The molecule has 156 valence electrons. The van der Waals surface area contributed by atoms with Crippen LogP contribution in [0.5, 0.6) is 0 Å². The van der Waals surface area contributed by atoms with Crippen LogP contribution in [-0.4, -0.2) is 59.5 Å². The Labute approximate surface area is 170 Å². The second kappa shape index (κ2) is 10.9. The fourth-order valence-electron chi connectivity index (χ4n) is 4.62. The lowest BCUT2D eigenvalue weighted by atomic mass is 9.93. The zero-order chi connectivity index (χ0) is 19.8.